The van der Waals surface area contributed by atoms with E-state index in [-0.39, 0.29) is 18.2 Å². The zero-order chi connectivity index (χ0) is 29.9. The van der Waals surface area contributed by atoms with Crippen LogP contribution in [0.5, 0.6) is 0 Å². The second-order valence-corrected chi connectivity index (χ2v) is 10.4. The van der Waals surface area contributed by atoms with E-state index in [9.17, 15) is 18.0 Å². The van der Waals surface area contributed by atoms with E-state index in [1.54, 1.807) is 12.3 Å². The molecule has 1 saturated heterocycles. The summed E-state index contributed by atoms with van der Waals surface area (Å²) in [7, 11) is 0. The van der Waals surface area contributed by atoms with Crippen molar-refractivity contribution in [2.45, 2.75) is 19.0 Å². The van der Waals surface area contributed by atoms with E-state index in [2.05, 4.69) is 25.3 Å². The molecular formula is C32H28F3N7O. The van der Waals surface area contributed by atoms with Crippen molar-refractivity contribution < 1.29 is 18.0 Å². The predicted octanol–water partition coefficient (Wildman–Crippen LogP) is 5.94. The largest absolute Gasteiger partial charge is 0.416 e. The Morgan fingerprint density at radius 3 is 2.23 bits per heavy atom. The first-order valence-corrected chi connectivity index (χ1v) is 13.9. The number of nitrogens with zero attached hydrogens (tertiary/aromatic N) is 5. The van der Waals surface area contributed by atoms with Crippen LogP contribution in [0.25, 0.3) is 11.0 Å². The van der Waals surface area contributed by atoms with Gasteiger partial charge in [0.15, 0.2) is 5.82 Å². The average Bonchev–Trinajstić information content (AvgIpc) is 3.53. The molecule has 0 atom stereocenters. The summed E-state index contributed by atoms with van der Waals surface area (Å²) in [6, 6.07) is 22.9. The molecule has 4 heterocycles. The molecule has 0 radical (unpaired) electrons. The maximum Gasteiger partial charge on any atom is 0.416 e. The second kappa shape index (κ2) is 11.8. The number of aliphatic imine (C=N–C) groups is 1. The minimum atomic E-state index is -4.63. The molecule has 1 fully saturated rings. The highest BCUT2D eigenvalue weighted by Gasteiger charge is 2.45. The normalized spacial score (nSPS) is 14.8. The van der Waals surface area contributed by atoms with Crippen LogP contribution in [0.1, 0.15) is 29.5 Å². The third-order valence-corrected chi connectivity index (χ3v) is 7.70. The summed E-state index contributed by atoms with van der Waals surface area (Å²) < 4.78 is 41.4. The molecule has 0 aliphatic carbocycles. The van der Waals surface area contributed by atoms with E-state index < -0.39 is 23.1 Å². The summed E-state index contributed by atoms with van der Waals surface area (Å²) >= 11 is 0. The lowest BCUT2D eigenvalue weighted by atomic mass is 9.77. The Morgan fingerprint density at radius 2 is 1.58 bits per heavy atom. The van der Waals surface area contributed by atoms with Gasteiger partial charge in [-0.05, 0) is 44.1 Å². The van der Waals surface area contributed by atoms with Gasteiger partial charge in [-0.15, -0.1) is 0 Å². The van der Waals surface area contributed by atoms with Crippen molar-refractivity contribution in [3.8, 4) is 0 Å². The Labute approximate surface area is 245 Å². The first-order chi connectivity index (χ1) is 20.9. The molecule has 6 rings (SSSR count). The van der Waals surface area contributed by atoms with Gasteiger partial charge in [-0.1, -0.05) is 60.7 Å². The van der Waals surface area contributed by atoms with Crippen molar-refractivity contribution >= 4 is 34.3 Å². The van der Waals surface area contributed by atoms with Crippen LogP contribution in [0.3, 0.4) is 0 Å². The van der Waals surface area contributed by atoms with E-state index in [0.29, 0.717) is 37.0 Å². The summed E-state index contributed by atoms with van der Waals surface area (Å²) in [4.78, 5) is 37.0. The molecule has 8 nitrogen and oxygen atoms in total. The number of fused-ring (bicyclic) bond motifs is 1. The SMILES string of the molecule is O=C(N(c1cc(C(F)(F)F)ccn1)c1ncnc2[nH]ccc12)C1(CN=C(c2ccccc2)c2ccccc2)CCNCC1. The van der Waals surface area contributed by atoms with Crippen LogP contribution in [0, 0.1) is 5.41 Å². The molecule has 2 aromatic carbocycles. The van der Waals surface area contributed by atoms with Crippen molar-refractivity contribution in [1.29, 1.82) is 0 Å². The van der Waals surface area contributed by atoms with E-state index in [1.165, 1.54) is 11.2 Å². The summed E-state index contributed by atoms with van der Waals surface area (Å²) in [6.45, 7) is 1.20. The Bertz CT molecular complexity index is 1710. The molecule has 0 bridgehead atoms. The molecule has 0 unspecified atom stereocenters. The van der Waals surface area contributed by atoms with Crippen molar-refractivity contribution in [3.05, 3.63) is 114 Å². The molecule has 1 amide bonds. The number of carbonyl (C=O) groups excluding carboxylic acids is 1. The molecule has 1 aliphatic rings. The lowest BCUT2D eigenvalue weighted by molar-refractivity contribution is -0.137. The molecule has 218 valence electrons. The zero-order valence-corrected chi connectivity index (χ0v) is 23.1. The summed E-state index contributed by atoms with van der Waals surface area (Å²) in [5.74, 6) is -0.447. The molecule has 43 heavy (non-hydrogen) atoms. The predicted molar refractivity (Wildman–Crippen MR) is 158 cm³/mol. The first kappa shape index (κ1) is 28.2. The fraction of sp³-hybridized carbons (Fsp3) is 0.219. The van der Waals surface area contributed by atoms with Crippen LogP contribution in [-0.2, 0) is 11.0 Å². The highest BCUT2D eigenvalue weighted by Crippen LogP contribution is 2.40. The number of carbonyl (C=O) groups is 1. The lowest BCUT2D eigenvalue weighted by Gasteiger charge is -2.38. The molecule has 3 aromatic heterocycles. The number of piperidine rings is 1. The van der Waals surface area contributed by atoms with Crippen LogP contribution in [0.2, 0.25) is 0 Å². The van der Waals surface area contributed by atoms with Gasteiger partial charge in [0.05, 0.1) is 28.6 Å². The minimum Gasteiger partial charge on any atom is -0.346 e. The summed E-state index contributed by atoms with van der Waals surface area (Å²) in [5, 5.41) is 3.79. The van der Waals surface area contributed by atoms with Crippen LogP contribution in [0.4, 0.5) is 24.8 Å². The number of amides is 1. The van der Waals surface area contributed by atoms with Crippen LogP contribution < -0.4 is 10.2 Å². The van der Waals surface area contributed by atoms with Crippen molar-refractivity contribution in [1.82, 2.24) is 25.3 Å². The number of alkyl halides is 3. The van der Waals surface area contributed by atoms with Crippen LogP contribution in [-0.4, -0.2) is 51.2 Å². The number of pyridine rings is 1. The highest BCUT2D eigenvalue weighted by molar-refractivity contribution is 6.13. The number of halogens is 3. The van der Waals surface area contributed by atoms with E-state index in [0.717, 1.165) is 35.2 Å². The van der Waals surface area contributed by atoms with Crippen LogP contribution >= 0.6 is 0 Å². The van der Waals surface area contributed by atoms with E-state index in [4.69, 9.17) is 4.99 Å². The number of benzene rings is 2. The number of hydrogen-bond acceptors (Lipinski definition) is 6. The Morgan fingerprint density at radius 1 is 0.907 bits per heavy atom. The van der Waals surface area contributed by atoms with Gasteiger partial charge in [0.2, 0.25) is 5.91 Å². The molecule has 5 aromatic rings. The molecule has 0 saturated carbocycles. The molecule has 0 spiro atoms. The minimum absolute atomic E-state index is 0.115. The van der Waals surface area contributed by atoms with Gasteiger partial charge >= 0.3 is 6.18 Å². The summed E-state index contributed by atoms with van der Waals surface area (Å²) in [5.41, 5.74) is 0.998. The third kappa shape index (κ3) is 5.76. The van der Waals surface area contributed by atoms with Gasteiger partial charge in [-0.2, -0.15) is 13.2 Å². The van der Waals surface area contributed by atoms with Gasteiger partial charge < -0.3 is 10.3 Å². The first-order valence-electron chi connectivity index (χ1n) is 13.9. The fourth-order valence-corrected chi connectivity index (χ4v) is 5.42. The monoisotopic (exact) mass is 583 g/mol. The van der Waals surface area contributed by atoms with E-state index in [1.807, 2.05) is 60.7 Å². The number of nitrogens with one attached hydrogen (secondary N) is 2. The molecule has 11 heteroatoms. The Balaban J connectivity index is 1.49. The molecule has 1 aliphatic heterocycles. The van der Waals surface area contributed by atoms with Crippen molar-refractivity contribution in [2.75, 3.05) is 24.5 Å². The number of hydrogen-bond donors (Lipinski definition) is 2. The van der Waals surface area contributed by atoms with Gasteiger partial charge in [-0.25, -0.2) is 19.9 Å². The van der Waals surface area contributed by atoms with Gasteiger partial charge in [0.1, 0.15) is 17.8 Å². The highest BCUT2D eigenvalue weighted by atomic mass is 19.4. The quantitative estimate of drug-likeness (QED) is 0.231. The smallest absolute Gasteiger partial charge is 0.346 e. The Kier molecular flexibility index (Phi) is 7.73. The van der Waals surface area contributed by atoms with Gasteiger partial charge in [-0.3, -0.25) is 9.79 Å². The fourth-order valence-electron chi connectivity index (χ4n) is 5.42. The van der Waals surface area contributed by atoms with Crippen LogP contribution in [0.15, 0.2) is 103 Å². The second-order valence-electron chi connectivity index (χ2n) is 10.4. The van der Waals surface area contributed by atoms with Gasteiger partial charge in [0.25, 0.3) is 0 Å². The maximum absolute atomic E-state index is 14.9. The average molecular weight is 584 g/mol. The maximum atomic E-state index is 14.9. The van der Waals surface area contributed by atoms with Gasteiger partial charge in [0, 0.05) is 23.5 Å². The number of rotatable bonds is 7. The number of aromatic nitrogens is 4. The lowest BCUT2D eigenvalue weighted by Crippen LogP contribution is -2.50. The number of H-pyrrole nitrogens is 1. The van der Waals surface area contributed by atoms with Crippen molar-refractivity contribution in [3.63, 3.8) is 0 Å². The van der Waals surface area contributed by atoms with Crippen molar-refractivity contribution in [2.24, 2.45) is 10.4 Å². The summed E-state index contributed by atoms with van der Waals surface area (Å²) in [6.07, 6.45) is 0.189. The Hall–Kier alpha value is -4.90. The zero-order valence-electron chi connectivity index (χ0n) is 23.1. The third-order valence-electron chi connectivity index (χ3n) is 7.70. The molecule has 2 N–H and O–H groups in total. The number of aromatic amines is 1. The van der Waals surface area contributed by atoms with E-state index >= 15 is 0 Å². The number of anilines is 2. The molecular weight excluding hydrogens is 555 g/mol. The standard InChI is InChI=1S/C32H28F3N7O/c33-32(34,35)24-11-15-37-26(19-24)42(29-25-12-16-38-28(25)40-21-41-29)30(43)31(13-17-36-18-14-31)20-39-27(22-7-3-1-4-8-22)23-9-5-2-6-10-23/h1-12,15-16,19,21,36H,13-14,17-18,20H2,(H,38,40,41). The topological polar surface area (TPSA) is 99.2 Å².